The van der Waals surface area contributed by atoms with Crippen molar-refractivity contribution in [1.82, 2.24) is 14.8 Å². The number of fused-ring (bicyclic) bond motifs is 1. The lowest BCUT2D eigenvalue weighted by Crippen LogP contribution is -2.26. The zero-order valence-corrected chi connectivity index (χ0v) is 12.0. The molecule has 1 unspecified atom stereocenters. The molecule has 2 aromatic heterocycles. The molecule has 3 nitrogen and oxygen atoms in total. The molecule has 0 aliphatic heterocycles. The van der Waals surface area contributed by atoms with Gasteiger partial charge in [-0.15, -0.1) is 21.5 Å². The summed E-state index contributed by atoms with van der Waals surface area (Å²) in [7, 11) is 0. The first-order chi connectivity index (χ1) is 8.57. The van der Waals surface area contributed by atoms with Crippen LogP contribution in [0.1, 0.15) is 55.8 Å². The van der Waals surface area contributed by atoms with E-state index in [1.54, 1.807) is 0 Å². The minimum Gasteiger partial charge on any atom is -0.312 e. The molecule has 0 saturated carbocycles. The molecule has 0 spiro atoms. The van der Waals surface area contributed by atoms with Crippen molar-refractivity contribution in [2.45, 2.75) is 51.5 Å². The molecule has 1 aliphatic rings. The highest BCUT2D eigenvalue weighted by Gasteiger charge is 2.29. The third kappa shape index (κ3) is 1.88. The van der Waals surface area contributed by atoms with Crippen molar-refractivity contribution in [3.8, 4) is 0 Å². The Bertz CT molecular complexity index is 547. The summed E-state index contributed by atoms with van der Waals surface area (Å²) in [5.74, 6) is 1.56. The first-order valence-electron chi connectivity index (χ1n) is 6.54. The number of thiophene rings is 1. The lowest BCUT2D eigenvalue weighted by Gasteiger charge is -2.28. The number of rotatable bonds is 1. The lowest BCUT2D eigenvalue weighted by atomic mass is 9.86. The van der Waals surface area contributed by atoms with Crippen LogP contribution in [0.15, 0.2) is 17.8 Å². The summed E-state index contributed by atoms with van der Waals surface area (Å²) < 4.78 is 2.23. The number of nitrogens with zero attached hydrogens (tertiary/aromatic N) is 3. The van der Waals surface area contributed by atoms with Crippen molar-refractivity contribution >= 4 is 11.3 Å². The van der Waals surface area contributed by atoms with Crippen molar-refractivity contribution in [3.63, 3.8) is 0 Å². The van der Waals surface area contributed by atoms with Crippen molar-refractivity contribution in [2.24, 2.45) is 0 Å². The molecule has 0 bridgehead atoms. The van der Waals surface area contributed by atoms with Crippen molar-refractivity contribution in [2.75, 3.05) is 0 Å². The summed E-state index contributed by atoms with van der Waals surface area (Å²) in [5.41, 5.74) is 1.52. The van der Waals surface area contributed by atoms with Crippen LogP contribution in [0.25, 0.3) is 0 Å². The number of aryl methyl sites for hydroxylation is 1. The fourth-order valence-corrected chi connectivity index (χ4v) is 3.74. The maximum atomic E-state index is 4.40. The Balaban J connectivity index is 2.06. The first kappa shape index (κ1) is 11.9. The molecule has 3 rings (SSSR count). The van der Waals surface area contributed by atoms with Crippen LogP contribution >= 0.6 is 11.3 Å². The van der Waals surface area contributed by atoms with Gasteiger partial charge in [-0.25, -0.2) is 0 Å². The zero-order valence-electron chi connectivity index (χ0n) is 11.2. The summed E-state index contributed by atoms with van der Waals surface area (Å²) in [6.07, 6.45) is 5.55. The van der Waals surface area contributed by atoms with Gasteiger partial charge in [-0.2, -0.15) is 0 Å². The molecule has 2 aromatic rings. The van der Waals surface area contributed by atoms with Gasteiger partial charge >= 0.3 is 0 Å². The Morgan fingerprint density at radius 1 is 1.39 bits per heavy atom. The van der Waals surface area contributed by atoms with Gasteiger partial charge in [0, 0.05) is 16.3 Å². The largest absolute Gasteiger partial charge is 0.312 e. The SMILES string of the molecule is CC(C)(C)n1cnnc1C1CCCc2sccc21. The summed E-state index contributed by atoms with van der Waals surface area (Å²) in [6.45, 7) is 6.62. The Morgan fingerprint density at radius 2 is 2.22 bits per heavy atom. The Kier molecular flexibility index (Phi) is 2.77. The molecule has 1 aliphatic carbocycles. The predicted octanol–water partition coefficient (Wildman–Crippen LogP) is 3.56. The average Bonchev–Trinajstić information content (AvgIpc) is 2.96. The second-order valence-corrected chi connectivity index (χ2v) is 6.97. The van der Waals surface area contributed by atoms with E-state index in [4.69, 9.17) is 0 Å². The van der Waals surface area contributed by atoms with Crippen LogP contribution in [-0.4, -0.2) is 14.8 Å². The summed E-state index contributed by atoms with van der Waals surface area (Å²) >= 11 is 1.88. The van der Waals surface area contributed by atoms with Gasteiger partial charge in [-0.1, -0.05) is 0 Å². The van der Waals surface area contributed by atoms with Crippen LogP contribution in [0.5, 0.6) is 0 Å². The van der Waals surface area contributed by atoms with Crippen molar-refractivity contribution in [1.29, 1.82) is 0 Å². The van der Waals surface area contributed by atoms with Gasteiger partial charge in [-0.05, 0) is 57.0 Å². The minimum atomic E-state index is 0.0481. The standard InChI is InChI=1S/C14H19N3S/c1-14(2,3)17-9-15-16-13(17)11-5-4-6-12-10(11)7-8-18-12/h7-9,11H,4-6H2,1-3H3. The van der Waals surface area contributed by atoms with Crippen LogP contribution in [0, 0.1) is 0 Å². The van der Waals surface area contributed by atoms with E-state index in [1.807, 2.05) is 17.7 Å². The molecule has 2 heterocycles. The second-order valence-electron chi connectivity index (χ2n) is 5.97. The maximum absolute atomic E-state index is 4.40. The van der Waals surface area contributed by atoms with Gasteiger partial charge < -0.3 is 4.57 Å². The minimum absolute atomic E-state index is 0.0481. The van der Waals surface area contributed by atoms with Gasteiger partial charge in [0.15, 0.2) is 0 Å². The summed E-state index contributed by atoms with van der Waals surface area (Å²) in [6, 6.07) is 2.27. The van der Waals surface area contributed by atoms with E-state index in [0.717, 1.165) is 5.82 Å². The van der Waals surface area contributed by atoms with E-state index >= 15 is 0 Å². The molecule has 0 fully saturated rings. The third-order valence-corrected chi connectivity index (χ3v) is 4.66. The molecule has 0 radical (unpaired) electrons. The predicted molar refractivity (Wildman–Crippen MR) is 74.1 cm³/mol. The molecule has 0 aromatic carbocycles. The van der Waals surface area contributed by atoms with E-state index in [0.29, 0.717) is 5.92 Å². The number of hydrogen-bond acceptors (Lipinski definition) is 3. The number of hydrogen-bond donors (Lipinski definition) is 0. The highest BCUT2D eigenvalue weighted by atomic mass is 32.1. The topological polar surface area (TPSA) is 30.7 Å². The summed E-state index contributed by atoms with van der Waals surface area (Å²) in [5, 5.41) is 10.7. The monoisotopic (exact) mass is 261 g/mol. The third-order valence-electron chi connectivity index (χ3n) is 3.66. The molecule has 4 heteroatoms. The van der Waals surface area contributed by atoms with Gasteiger partial charge in [0.2, 0.25) is 0 Å². The molecular formula is C14H19N3S. The van der Waals surface area contributed by atoms with Gasteiger partial charge in [0.1, 0.15) is 12.2 Å². The highest BCUT2D eigenvalue weighted by Crippen LogP contribution is 2.39. The molecule has 18 heavy (non-hydrogen) atoms. The Morgan fingerprint density at radius 3 is 3.00 bits per heavy atom. The van der Waals surface area contributed by atoms with E-state index < -0.39 is 0 Å². The van der Waals surface area contributed by atoms with Gasteiger partial charge in [-0.3, -0.25) is 0 Å². The van der Waals surface area contributed by atoms with Crippen molar-refractivity contribution in [3.05, 3.63) is 34.0 Å². The van der Waals surface area contributed by atoms with Gasteiger partial charge in [0.25, 0.3) is 0 Å². The molecule has 0 saturated heterocycles. The molecule has 96 valence electrons. The fourth-order valence-electron chi connectivity index (χ4n) is 2.75. The Labute approximate surface area is 112 Å². The quantitative estimate of drug-likeness (QED) is 0.786. The molecule has 1 atom stereocenters. The molecular weight excluding hydrogens is 242 g/mol. The van der Waals surface area contributed by atoms with E-state index in [2.05, 4.69) is 47.0 Å². The number of aromatic nitrogens is 3. The van der Waals surface area contributed by atoms with E-state index in [-0.39, 0.29) is 5.54 Å². The Hall–Kier alpha value is -1.16. The van der Waals surface area contributed by atoms with Crippen LogP contribution in [-0.2, 0) is 12.0 Å². The molecule has 0 amide bonds. The van der Waals surface area contributed by atoms with E-state index in [9.17, 15) is 0 Å². The fraction of sp³-hybridized carbons (Fsp3) is 0.571. The lowest BCUT2D eigenvalue weighted by molar-refractivity contribution is 0.371. The van der Waals surface area contributed by atoms with Gasteiger partial charge in [0.05, 0.1) is 0 Å². The van der Waals surface area contributed by atoms with Crippen LogP contribution in [0.2, 0.25) is 0 Å². The highest BCUT2D eigenvalue weighted by molar-refractivity contribution is 7.10. The zero-order chi connectivity index (χ0) is 12.8. The second kappa shape index (κ2) is 4.19. The molecule has 0 N–H and O–H groups in total. The van der Waals surface area contributed by atoms with Crippen molar-refractivity contribution < 1.29 is 0 Å². The smallest absolute Gasteiger partial charge is 0.140 e. The van der Waals surface area contributed by atoms with Crippen LogP contribution < -0.4 is 0 Å². The average molecular weight is 261 g/mol. The summed E-state index contributed by atoms with van der Waals surface area (Å²) in [4.78, 5) is 1.54. The normalized spacial score (nSPS) is 19.8. The van der Waals surface area contributed by atoms with Crippen LogP contribution in [0.4, 0.5) is 0 Å². The maximum Gasteiger partial charge on any atom is 0.140 e. The first-order valence-corrected chi connectivity index (χ1v) is 7.42. The van der Waals surface area contributed by atoms with E-state index in [1.165, 1.54) is 29.7 Å². The van der Waals surface area contributed by atoms with Crippen LogP contribution in [0.3, 0.4) is 0 Å².